The lowest BCUT2D eigenvalue weighted by Crippen LogP contribution is -2.30. The van der Waals surface area contributed by atoms with Crippen LogP contribution >= 0.6 is 0 Å². The molecule has 94 valence electrons. The maximum Gasteiger partial charge on any atom is 0.330 e. The van der Waals surface area contributed by atoms with E-state index in [1.54, 1.807) is 6.92 Å². The van der Waals surface area contributed by atoms with Crippen LogP contribution in [-0.4, -0.2) is 35.3 Å². The predicted molar refractivity (Wildman–Crippen MR) is 60.9 cm³/mol. The van der Waals surface area contributed by atoms with Gasteiger partial charge in [-0.25, -0.2) is 4.79 Å². The van der Waals surface area contributed by atoms with Gasteiger partial charge in [0.2, 0.25) is 11.8 Å². The summed E-state index contributed by atoms with van der Waals surface area (Å²) >= 11 is 0. The molecule has 0 aromatic heterocycles. The number of hydrogen-bond donors (Lipinski definition) is 0. The van der Waals surface area contributed by atoms with E-state index in [-0.39, 0.29) is 17.9 Å². The van der Waals surface area contributed by atoms with Gasteiger partial charge in [-0.3, -0.25) is 14.5 Å². The summed E-state index contributed by atoms with van der Waals surface area (Å²) in [5.41, 5.74) is 0. The van der Waals surface area contributed by atoms with Gasteiger partial charge in [-0.15, -0.1) is 0 Å². The van der Waals surface area contributed by atoms with E-state index in [1.807, 2.05) is 0 Å². The summed E-state index contributed by atoms with van der Waals surface area (Å²) < 4.78 is 4.97. The SMILES string of the molecule is C=CC(=O)OC(C)CCCN1C(=O)CCC1=O. The van der Waals surface area contributed by atoms with E-state index in [4.69, 9.17) is 4.74 Å². The number of likely N-dealkylation sites (tertiary alicyclic amines) is 1. The monoisotopic (exact) mass is 239 g/mol. The van der Waals surface area contributed by atoms with Crippen molar-refractivity contribution in [1.29, 1.82) is 0 Å². The van der Waals surface area contributed by atoms with E-state index in [1.165, 1.54) is 4.90 Å². The first kappa shape index (κ1) is 13.4. The average Bonchev–Trinajstić information content (AvgIpc) is 2.60. The standard InChI is InChI=1S/C12H17NO4/c1-3-12(16)17-9(2)5-4-8-13-10(14)6-7-11(13)15/h3,9H,1,4-8H2,2H3. The Labute approximate surface area is 100 Å². The predicted octanol–water partition coefficient (Wildman–Crippen LogP) is 1.03. The molecule has 17 heavy (non-hydrogen) atoms. The molecule has 1 heterocycles. The fourth-order valence-corrected chi connectivity index (χ4v) is 1.71. The van der Waals surface area contributed by atoms with Crippen LogP contribution in [-0.2, 0) is 19.1 Å². The van der Waals surface area contributed by atoms with E-state index in [2.05, 4.69) is 6.58 Å². The van der Waals surface area contributed by atoms with E-state index in [0.29, 0.717) is 32.2 Å². The molecule has 2 amide bonds. The van der Waals surface area contributed by atoms with Crippen molar-refractivity contribution in [3.05, 3.63) is 12.7 Å². The average molecular weight is 239 g/mol. The lowest BCUT2D eigenvalue weighted by Gasteiger charge is -2.15. The van der Waals surface area contributed by atoms with Crippen LogP contribution in [0.4, 0.5) is 0 Å². The molecule has 1 unspecified atom stereocenters. The molecule has 0 aliphatic carbocycles. The number of nitrogens with zero attached hydrogens (tertiary/aromatic N) is 1. The Morgan fingerprint density at radius 2 is 2.06 bits per heavy atom. The highest BCUT2D eigenvalue weighted by Gasteiger charge is 2.28. The van der Waals surface area contributed by atoms with Crippen LogP contribution in [0.5, 0.6) is 0 Å². The highest BCUT2D eigenvalue weighted by Crippen LogP contribution is 2.13. The lowest BCUT2D eigenvalue weighted by molar-refractivity contribution is -0.143. The summed E-state index contributed by atoms with van der Waals surface area (Å²) in [5, 5.41) is 0. The lowest BCUT2D eigenvalue weighted by atomic mass is 10.2. The number of ether oxygens (including phenoxy) is 1. The molecule has 5 heteroatoms. The van der Waals surface area contributed by atoms with Gasteiger partial charge in [-0.05, 0) is 19.8 Å². The van der Waals surface area contributed by atoms with Crippen molar-refractivity contribution >= 4 is 17.8 Å². The zero-order valence-electron chi connectivity index (χ0n) is 9.98. The summed E-state index contributed by atoms with van der Waals surface area (Å²) in [5.74, 6) is -0.665. The molecule has 1 aliphatic heterocycles. The molecule has 1 saturated heterocycles. The van der Waals surface area contributed by atoms with E-state index >= 15 is 0 Å². The van der Waals surface area contributed by atoms with E-state index < -0.39 is 5.97 Å². The van der Waals surface area contributed by atoms with Crippen LogP contribution in [0.3, 0.4) is 0 Å². The van der Waals surface area contributed by atoms with Crippen LogP contribution in [0, 0.1) is 0 Å². The third-order valence-electron chi connectivity index (χ3n) is 2.63. The molecule has 1 rings (SSSR count). The quantitative estimate of drug-likeness (QED) is 0.394. The Balaban J connectivity index is 2.23. The second kappa shape index (κ2) is 6.18. The van der Waals surface area contributed by atoms with E-state index in [0.717, 1.165) is 6.08 Å². The highest BCUT2D eigenvalue weighted by atomic mass is 16.5. The molecule has 1 atom stereocenters. The number of carbonyl (C=O) groups is 3. The van der Waals surface area contributed by atoms with Gasteiger partial charge in [0.1, 0.15) is 0 Å². The number of imide groups is 1. The van der Waals surface area contributed by atoms with Gasteiger partial charge in [-0.1, -0.05) is 6.58 Å². The van der Waals surface area contributed by atoms with Crippen molar-refractivity contribution in [2.45, 2.75) is 38.7 Å². The third kappa shape index (κ3) is 4.01. The molecular formula is C12H17NO4. The second-order valence-corrected chi connectivity index (χ2v) is 4.03. The molecule has 0 aromatic rings. The van der Waals surface area contributed by atoms with E-state index in [9.17, 15) is 14.4 Å². The molecule has 0 radical (unpaired) electrons. The van der Waals surface area contributed by atoms with Crippen molar-refractivity contribution < 1.29 is 19.1 Å². The molecule has 0 aromatic carbocycles. The summed E-state index contributed by atoms with van der Waals surface area (Å²) in [6.07, 6.45) is 2.79. The molecular weight excluding hydrogens is 222 g/mol. The summed E-state index contributed by atoms with van der Waals surface area (Å²) in [6, 6.07) is 0. The molecule has 0 bridgehead atoms. The summed E-state index contributed by atoms with van der Waals surface area (Å²) in [6.45, 7) is 5.49. The van der Waals surface area contributed by atoms with Gasteiger partial charge in [0.15, 0.2) is 0 Å². The van der Waals surface area contributed by atoms with Crippen LogP contribution in [0.1, 0.15) is 32.6 Å². The van der Waals surface area contributed by atoms with Gasteiger partial charge < -0.3 is 4.74 Å². The summed E-state index contributed by atoms with van der Waals surface area (Å²) in [4.78, 5) is 34.7. The zero-order valence-corrected chi connectivity index (χ0v) is 9.98. The Hall–Kier alpha value is -1.65. The van der Waals surface area contributed by atoms with Crippen LogP contribution in [0.2, 0.25) is 0 Å². The van der Waals surface area contributed by atoms with Gasteiger partial charge in [0.05, 0.1) is 6.10 Å². The van der Waals surface area contributed by atoms with Crippen molar-refractivity contribution in [2.75, 3.05) is 6.54 Å². The minimum atomic E-state index is -0.453. The Morgan fingerprint density at radius 3 is 2.59 bits per heavy atom. The Kier molecular flexibility index (Phi) is 4.87. The first-order valence-corrected chi connectivity index (χ1v) is 5.71. The van der Waals surface area contributed by atoms with Gasteiger partial charge in [-0.2, -0.15) is 0 Å². The minimum absolute atomic E-state index is 0.106. The molecule has 0 N–H and O–H groups in total. The molecule has 0 spiro atoms. The van der Waals surface area contributed by atoms with Crippen molar-refractivity contribution in [3.8, 4) is 0 Å². The fraction of sp³-hybridized carbons (Fsp3) is 0.583. The normalized spacial score (nSPS) is 17.1. The van der Waals surface area contributed by atoms with Crippen LogP contribution in [0.25, 0.3) is 0 Å². The molecule has 0 saturated carbocycles. The first-order chi connectivity index (χ1) is 8.04. The maximum absolute atomic E-state index is 11.3. The molecule has 5 nitrogen and oxygen atoms in total. The van der Waals surface area contributed by atoms with Crippen LogP contribution in [0.15, 0.2) is 12.7 Å². The van der Waals surface area contributed by atoms with Crippen LogP contribution < -0.4 is 0 Å². The smallest absolute Gasteiger partial charge is 0.330 e. The van der Waals surface area contributed by atoms with Gasteiger partial charge in [0.25, 0.3) is 0 Å². The topological polar surface area (TPSA) is 63.7 Å². The molecule has 1 aliphatic rings. The number of rotatable bonds is 6. The van der Waals surface area contributed by atoms with Gasteiger partial charge in [0, 0.05) is 25.5 Å². The number of amides is 2. The maximum atomic E-state index is 11.3. The number of esters is 1. The van der Waals surface area contributed by atoms with Gasteiger partial charge >= 0.3 is 5.97 Å². The number of carbonyl (C=O) groups excluding carboxylic acids is 3. The zero-order chi connectivity index (χ0) is 12.8. The first-order valence-electron chi connectivity index (χ1n) is 5.71. The van der Waals surface area contributed by atoms with Crippen molar-refractivity contribution in [1.82, 2.24) is 4.90 Å². The second-order valence-electron chi connectivity index (χ2n) is 4.03. The molecule has 1 fully saturated rings. The van der Waals surface area contributed by atoms with Crippen molar-refractivity contribution in [2.24, 2.45) is 0 Å². The Bertz CT molecular complexity index is 321. The fourth-order valence-electron chi connectivity index (χ4n) is 1.71. The Morgan fingerprint density at radius 1 is 1.47 bits per heavy atom. The minimum Gasteiger partial charge on any atom is -0.460 e. The summed E-state index contributed by atoms with van der Waals surface area (Å²) in [7, 11) is 0. The van der Waals surface area contributed by atoms with Crippen molar-refractivity contribution in [3.63, 3.8) is 0 Å². The number of hydrogen-bond acceptors (Lipinski definition) is 4. The third-order valence-corrected chi connectivity index (χ3v) is 2.63. The largest absolute Gasteiger partial charge is 0.460 e. The highest BCUT2D eigenvalue weighted by molar-refractivity contribution is 6.01.